The van der Waals surface area contributed by atoms with Crippen molar-refractivity contribution in [3.05, 3.63) is 29.8 Å². The summed E-state index contributed by atoms with van der Waals surface area (Å²) in [5.74, 6) is -0.382. The van der Waals surface area contributed by atoms with E-state index in [1.807, 2.05) is 38.1 Å². The summed E-state index contributed by atoms with van der Waals surface area (Å²) >= 11 is 0. The minimum absolute atomic E-state index is 0.0217. The predicted molar refractivity (Wildman–Crippen MR) is 73.6 cm³/mol. The molecule has 0 aliphatic carbocycles. The Morgan fingerprint density at radius 2 is 2.16 bits per heavy atom. The second-order valence-electron chi connectivity index (χ2n) is 4.84. The number of carbonyl (C=O) groups excluding carboxylic acids is 2. The first-order chi connectivity index (χ1) is 9.04. The molecule has 1 aliphatic heterocycles. The zero-order valence-corrected chi connectivity index (χ0v) is 11.2. The number of benzene rings is 1. The second kappa shape index (κ2) is 5.40. The topological polar surface area (TPSA) is 75.4 Å². The van der Waals surface area contributed by atoms with Crippen LogP contribution in [0.15, 0.2) is 24.3 Å². The third-order valence-corrected chi connectivity index (χ3v) is 3.42. The Hall–Kier alpha value is -1.88. The number of amides is 2. The lowest BCUT2D eigenvalue weighted by molar-refractivity contribution is -0.124. The standard InChI is InChI=1S/C14H19N3O2/c1-3-9(2)16-12(18)8-17-11-7-5-4-6-10(11)13(15)14(17)19/h4-7,9,13H,3,8,15H2,1-2H3,(H,16,18). The molecular formula is C14H19N3O2. The molecule has 2 rings (SSSR count). The monoisotopic (exact) mass is 261 g/mol. The quantitative estimate of drug-likeness (QED) is 0.847. The molecule has 2 amide bonds. The number of hydrogen-bond donors (Lipinski definition) is 2. The SMILES string of the molecule is CCC(C)NC(=O)CN1C(=O)C(N)c2ccccc21. The van der Waals surface area contributed by atoms with Gasteiger partial charge >= 0.3 is 0 Å². The van der Waals surface area contributed by atoms with Crippen LogP contribution in [0.25, 0.3) is 0 Å². The molecule has 5 heteroatoms. The Labute approximate surface area is 112 Å². The summed E-state index contributed by atoms with van der Waals surface area (Å²) in [5.41, 5.74) is 7.38. The molecule has 1 aliphatic rings. The minimum Gasteiger partial charge on any atom is -0.352 e. The van der Waals surface area contributed by atoms with Gasteiger partial charge in [0.25, 0.3) is 0 Å². The maximum absolute atomic E-state index is 12.1. The van der Waals surface area contributed by atoms with Crippen molar-refractivity contribution < 1.29 is 9.59 Å². The van der Waals surface area contributed by atoms with Crippen LogP contribution in [0.5, 0.6) is 0 Å². The lowest BCUT2D eigenvalue weighted by atomic mass is 10.1. The van der Waals surface area contributed by atoms with Gasteiger partial charge in [0, 0.05) is 17.3 Å². The van der Waals surface area contributed by atoms with E-state index in [0.29, 0.717) is 0 Å². The van der Waals surface area contributed by atoms with Crippen LogP contribution in [0.3, 0.4) is 0 Å². The van der Waals surface area contributed by atoms with Gasteiger partial charge in [0.1, 0.15) is 12.6 Å². The molecule has 0 spiro atoms. The molecular weight excluding hydrogens is 242 g/mol. The van der Waals surface area contributed by atoms with E-state index >= 15 is 0 Å². The Balaban J connectivity index is 2.13. The van der Waals surface area contributed by atoms with Gasteiger partial charge in [0.05, 0.1) is 0 Å². The fraction of sp³-hybridized carbons (Fsp3) is 0.429. The molecule has 0 saturated carbocycles. The molecule has 0 bridgehead atoms. The van der Waals surface area contributed by atoms with Crippen molar-refractivity contribution in [1.29, 1.82) is 0 Å². The van der Waals surface area contributed by atoms with Gasteiger partial charge in [0.15, 0.2) is 0 Å². The Morgan fingerprint density at radius 1 is 1.47 bits per heavy atom. The molecule has 0 aromatic heterocycles. The highest BCUT2D eigenvalue weighted by molar-refractivity contribution is 6.07. The van der Waals surface area contributed by atoms with Crippen molar-refractivity contribution in [3.63, 3.8) is 0 Å². The number of fused-ring (bicyclic) bond motifs is 1. The van der Waals surface area contributed by atoms with Gasteiger partial charge < -0.3 is 16.0 Å². The minimum atomic E-state index is -0.660. The molecule has 0 saturated heterocycles. The summed E-state index contributed by atoms with van der Waals surface area (Å²) in [6.07, 6.45) is 0.857. The van der Waals surface area contributed by atoms with Crippen molar-refractivity contribution in [2.24, 2.45) is 5.73 Å². The smallest absolute Gasteiger partial charge is 0.249 e. The van der Waals surface area contributed by atoms with Crippen LogP contribution in [0.2, 0.25) is 0 Å². The Bertz CT molecular complexity index is 501. The lowest BCUT2D eigenvalue weighted by Crippen LogP contribution is -2.43. The van der Waals surface area contributed by atoms with E-state index < -0.39 is 6.04 Å². The fourth-order valence-electron chi connectivity index (χ4n) is 2.15. The molecule has 19 heavy (non-hydrogen) atoms. The fourth-order valence-corrected chi connectivity index (χ4v) is 2.15. The van der Waals surface area contributed by atoms with Crippen molar-refractivity contribution in [2.75, 3.05) is 11.4 Å². The Morgan fingerprint density at radius 3 is 2.84 bits per heavy atom. The Kier molecular flexibility index (Phi) is 3.85. The third-order valence-electron chi connectivity index (χ3n) is 3.42. The first-order valence-corrected chi connectivity index (χ1v) is 6.49. The number of rotatable bonds is 4. The van der Waals surface area contributed by atoms with Crippen molar-refractivity contribution in [3.8, 4) is 0 Å². The highest BCUT2D eigenvalue weighted by Crippen LogP contribution is 2.33. The van der Waals surface area contributed by atoms with E-state index in [0.717, 1.165) is 17.7 Å². The molecule has 0 radical (unpaired) electrons. The van der Waals surface area contributed by atoms with E-state index in [1.165, 1.54) is 4.90 Å². The third kappa shape index (κ3) is 2.61. The summed E-state index contributed by atoms with van der Waals surface area (Å²) in [5, 5.41) is 2.85. The van der Waals surface area contributed by atoms with E-state index in [-0.39, 0.29) is 24.4 Å². The summed E-state index contributed by atoms with van der Waals surface area (Å²) in [6, 6.07) is 6.77. The summed E-state index contributed by atoms with van der Waals surface area (Å²) in [4.78, 5) is 25.4. The number of anilines is 1. The average molecular weight is 261 g/mol. The highest BCUT2D eigenvalue weighted by atomic mass is 16.2. The lowest BCUT2D eigenvalue weighted by Gasteiger charge is -2.19. The summed E-state index contributed by atoms with van der Waals surface area (Å²) in [7, 11) is 0. The number of nitrogens with zero attached hydrogens (tertiary/aromatic N) is 1. The van der Waals surface area contributed by atoms with Gasteiger partial charge in [-0.1, -0.05) is 25.1 Å². The molecule has 1 heterocycles. The van der Waals surface area contributed by atoms with Crippen LogP contribution in [-0.2, 0) is 9.59 Å². The molecule has 1 aromatic carbocycles. The second-order valence-corrected chi connectivity index (χ2v) is 4.84. The highest BCUT2D eigenvalue weighted by Gasteiger charge is 2.35. The maximum atomic E-state index is 12.1. The van der Waals surface area contributed by atoms with Crippen LogP contribution in [0.1, 0.15) is 31.9 Å². The van der Waals surface area contributed by atoms with Crippen LogP contribution >= 0.6 is 0 Å². The molecule has 2 unspecified atom stereocenters. The molecule has 3 N–H and O–H groups in total. The van der Waals surface area contributed by atoms with Gasteiger partial charge in [-0.15, -0.1) is 0 Å². The molecule has 2 atom stereocenters. The average Bonchev–Trinajstić information content (AvgIpc) is 2.64. The number of nitrogens with two attached hydrogens (primary N) is 1. The number of carbonyl (C=O) groups is 2. The van der Waals surface area contributed by atoms with Crippen LogP contribution in [-0.4, -0.2) is 24.4 Å². The van der Waals surface area contributed by atoms with Crippen molar-refractivity contribution in [2.45, 2.75) is 32.4 Å². The predicted octanol–water partition coefficient (Wildman–Crippen LogP) is 0.948. The zero-order chi connectivity index (χ0) is 14.0. The summed E-state index contributed by atoms with van der Waals surface area (Å²) in [6.45, 7) is 3.95. The van der Waals surface area contributed by atoms with Gasteiger partial charge in [-0.05, 0) is 19.4 Å². The molecule has 1 aromatic rings. The molecule has 102 valence electrons. The van der Waals surface area contributed by atoms with Crippen molar-refractivity contribution >= 4 is 17.5 Å². The van der Waals surface area contributed by atoms with Gasteiger partial charge in [-0.2, -0.15) is 0 Å². The van der Waals surface area contributed by atoms with Gasteiger partial charge in [-0.25, -0.2) is 0 Å². The van der Waals surface area contributed by atoms with E-state index in [1.54, 1.807) is 0 Å². The number of para-hydroxylation sites is 1. The van der Waals surface area contributed by atoms with Crippen LogP contribution in [0.4, 0.5) is 5.69 Å². The largest absolute Gasteiger partial charge is 0.352 e. The number of nitrogens with one attached hydrogen (secondary N) is 1. The molecule has 0 fully saturated rings. The van der Waals surface area contributed by atoms with E-state index in [9.17, 15) is 9.59 Å². The van der Waals surface area contributed by atoms with Crippen LogP contribution < -0.4 is 16.0 Å². The normalized spacial score (nSPS) is 19.2. The number of hydrogen-bond acceptors (Lipinski definition) is 3. The van der Waals surface area contributed by atoms with E-state index in [2.05, 4.69) is 5.32 Å². The van der Waals surface area contributed by atoms with E-state index in [4.69, 9.17) is 5.73 Å². The van der Waals surface area contributed by atoms with Gasteiger partial charge in [0.2, 0.25) is 11.8 Å². The van der Waals surface area contributed by atoms with Crippen LogP contribution in [0, 0.1) is 0 Å². The first-order valence-electron chi connectivity index (χ1n) is 6.49. The molecule has 5 nitrogen and oxygen atoms in total. The first kappa shape index (κ1) is 13.5. The summed E-state index contributed by atoms with van der Waals surface area (Å²) < 4.78 is 0. The zero-order valence-electron chi connectivity index (χ0n) is 11.2. The van der Waals surface area contributed by atoms with Crippen molar-refractivity contribution in [1.82, 2.24) is 5.32 Å². The van der Waals surface area contributed by atoms with Gasteiger partial charge in [-0.3, -0.25) is 9.59 Å². The maximum Gasteiger partial charge on any atom is 0.249 e.